The molecule has 1 aliphatic rings. The van der Waals surface area contributed by atoms with Gasteiger partial charge in [0.05, 0.1) is 30.2 Å². The van der Waals surface area contributed by atoms with E-state index in [9.17, 15) is 4.79 Å². The largest absolute Gasteiger partial charge is 0.477 e. The fourth-order valence-electron chi connectivity index (χ4n) is 3.22. The lowest BCUT2D eigenvalue weighted by Crippen LogP contribution is -2.45. The third-order valence-electron chi connectivity index (χ3n) is 4.36. The van der Waals surface area contributed by atoms with E-state index in [-0.39, 0.29) is 17.4 Å². The van der Waals surface area contributed by atoms with Crippen molar-refractivity contribution in [2.75, 3.05) is 6.61 Å². The van der Waals surface area contributed by atoms with Crippen LogP contribution in [-0.4, -0.2) is 28.6 Å². The van der Waals surface area contributed by atoms with Gasteiger partial charge >= 0.3 is 6.09 Å². The molecule has 7 heteroatoms. The molecule has 0 bridgehead atoms. The lowest BCUT2D eigenvalue weighted by atomic mass is 9.81. The van der Waals surface area contributed by atoms with Crippen LogP contribution in [0.25, 0.3) is 0 Å². The smallest absolute Gasteiger partial charge is 0.404 e. The number of carbonyl (C=O) groups is 1. The molecule has 1 aromatic carbocycles. The van der Waals surface area contributed by atoms with E-state index in [0.29, 0.717) is 13.2 Å². The van der Waals surface area contributed by atoms with Gasteiger partial charge in [0.1, 0.15) is 6.10 Å². The number of carbonyl (C=O) groups excluding carboxylic acids is 1. The van der Waals surface area contributed by atoms with Crippen molar-refractivity contribution in [3.05, 3.63) is 42.1 Å². The van der Waals surface area contributed by atoms with E-state index in [4.69, 9.17) is 15.2 Å². The van der Waals surface area contributed by atoms with Gasteiger partial charge in [-0.15, -0.1) is 11.8 Å². The second kappa shape index (κ2) is 7.61. The van der Waals surface area contributed by atoms with E-state index < -0.39 is 6.09 Å². The Morgan fingerprint density at radius 3 is 2.81 bits per heavy atom. The fraction of sp³-hybridized carbons (Fsp3) is 0.474. The summed E-state index contributed by atoms with van der Waals surface area (Å²) >= 11 is 1.71. The molecule has 1 aliphatic heterocycles. The summed E-state index contributed by atoms with van der Waals surface area (Å²) in [6.07, 6.45) is 0.750. The van der Waals surface area contributed by atoms with Gasteiger partial charge in [0.15, 0.2) is 0 Å². The van der Waals surface area contributed by atoms with Gasteiger partial charge in [0.25, 0.3) is 0 Å². The fourth-order valence-corrected chi connectivity index (χ4v) is 4.14. The second-order valence-electron chi connectivity index (χ2n) is 7.56. The van der Waals surface area contributed by atoms with Crippen LogP contribution in [0.15, 0.2) is 41.4 Å². The summed E-state index contributed by atoms with van der Waals surface area (Å²) < 4.78 is 13.2. The van der Waals surface area contributed by atoms with Crippen LogP contribution in [0.1, 0.15) is 26.3 Å². The highest BCUT2D eigenvalue weighted by molar-refractivity contribution is 7.98. The van der Waals surface area contributed by atoms with E-state index in [2.05, 4.69) is 17.2 Å². The minimum absolute atomic E-state index is 0.00173. The summed E-state index contributed by atoms with van der Waals surface area (Å²) in [6, 6.07) is 10.3. The molecule has 0 saturated heterocycles. The van der Waals surface area contributed by atoms with E-state index >= 15 is 0 Å². The highest BCUT2D eigenvalue weighted by atomic mass is 32.2. The predicted octanol–water partition coefficient (Wildman–Crippen LogP) is 3.69. The summed E-state index contributed by atoms with van der Waals surface area (Å²) in [6.45, 7) is 7.19. The van der Waals surface area contributed by atoms with Crippen LogP contribution in [0.3, 0.4) is 0 Å². The molecule has 2 heterocycles. The third-order valence-corrected chi connectivity index (χ3v) is 5.43. The normalized spacial score (nSPS) is 17.9. The number of primary amides is 1. The van der Waals surface area contributed by atoms with E-state index in [0.717, 1.165) is 16.5 Å². The Morgan fingerprint density at radius 1 is 1.42 bits per heavy atom. The van der Waals surface area contributed by atoms with Crippen molar-refractivity contribution in [2.45, 2.75) is 44.1 Å². The molecular formula is C19H25N3O3S. The van der Waals surface area contributed by atoms with Crippen LogP contribution in [0.5, 0.6) is 5.88 Å². The Bertz CT molecular complexity index is 755. The highest BCUT2D eigenvalue weighted by Crippen LogP contribution is 2.37. The van der Waals surface area contributed by atoms with E-state index in [1.807, 2.05) is 49.8 Å². The molecule has 26 heavy (non-hydrogen) atoms. The van der Waals surface area contributed by atoms with Gasteiger partial charge in [-0.25, -0.2) is 9.48 Å². The summed E-state index contributed by atoms with van der Waals surface area (Å²) in [7, 11) is 0. The summed E-state index contributed by atoms with van der Waals surface area (Å²) in [5.41, 5.74) is 6.28. The first-order valence-corrected chi connectivity index (χ1v) is 9.64. The molecule has 2 unspecified atom stereocenters. The van der Waals surface area contributed by atoms with Crippen molar-refractivity contribution < 1.29 is 14.3 Å². The van der Waals surface area contributed by atoms with Gasteiger partial charge in [0.2, 0.25) is 5.88 Å². The number of amides is 1. The molecule has 2 atom stereocenters. The van der Waals surface area contributed by atoms with Crippen LogP contribution >= 0.6 is 11.8 Å². The van der Waals surface area contributed by atoms with Gasteiger partial charge in [0, 0.05) is 5.75 Å². The van der Waals surface area contributed by atoms with Crippen molar-refractivity contribution in [3.63, 3.8) is 0 Å². The number of hydrogen-bond donors (Lipinski definition) is 1. The molecule has 6 nitrogen and oxygen atoms in total. The Morgan fingerprint density at radius 2 is 2.15 bits per heavy atom. The summed E-state index contributed by atoms with van der Waals surface area (Å²) in [5.74, 6) is 1.65. The minimum Gasteiger partial charge on any atom is -0.477 e. The SMILES string of the molecule is CC(C)(C)C(OC(N)=O)C1COc2c(SCc3ccccc3)cnn2C1. The number of benzene rings is 1. The van der Waals surface area contributed by atoms with Gasteiger partial charge in [-0.05, 0) is 11.0 Å². The van der Waals surface area contributed by atoms with Crippen molar-refractivity contribution in [1.29, 1.82) is 0 Å². The van der Waals surface area contributed by atoms with Gasteiger partial charge in [-0.3, -0.25) is 0 Å². The molecule has 0 aliphatic carbocycles. The first kappa shape index (κ1) is 18.6. The zero-order valence-corrected chi connectivity index (χ0v) is 16.2. The summed E-state index contributed by atoms with van der Waals surface area (Å²) in [5, 5.41) is 4.46. The van der Waals surface area contributed by atoms with Crippen LogP contribution < -0.4 is 10.5 Å². The van der Waals surface area contributed by atoms with Gasteiger partial charge in [-0.2, -0.15) is 5.10 Å². The maximum atomic E-state index is 11.3. The van der Waals surface area contributed by atoms with Crippen molar-refractivity contribution >= 4 is 17.9 Å². The quantitative estimate of drug-likeness (QED) is 0.806. The molecule has 0 spiro atoms. The zero-order chi connectivity index (χ0) is 18.7. The molecule has 0 fully saturated rings. The van der Waals surface area contributed by atoms with E-state index in [1.165, 1.54) is 5.56 Å². The third kappa shape index (κ3) is 4.33. The number of thioether (sulfide) groups is 1. The van der Waals surface area contributed by atoms with Crippen LogP contribution in [0.2, 0.25) is 0 Å². The number of aromatic nitrogens is 2. The van der Waals surface area contributed by atoms with Crippen molar-refractivity contribution in [1.82, 2.24) is 9.78 Å². The lowest BCUT2D eigenvalue weighted by molar-refractivity contribution is -0.0353. The number of ether oxygens (including phenoxy) is 2. The Kier molecular flexibility index (Phi) is 5.46. The van der Waals surface area contributed by atoms with Crippen LogP contribution in [0, 0.1) is 11.3 Å². The monoisotopic (exact) mass is 375 g/mol. The molecular weight excluding hydrogens is 350 g/mol. The molecule has 2 N–H and O–H groups in total. The molecule has 140 valence electrons. The average Bonchev–Trinajstić information content (AvgIpc) is 3.00. The first-order valence-electron chi connectivity index (χ1n) is 8.66. The topological polar surface area (TPSA) is 79.4 Å². The highest BCUT2D eigenvalue weighted by Gasteiger charge is 2.39. The van der Waals surface area contributed by atoms with Crippen molar-refractivity contribution in [2.24, 2.45) is 17.1 Å². The molecule has 3 rings (SSSR count). The number of rotatable bonds is 5. The zero-order valence-electron chi connectivity index (χ0n) is 15.3. The standard InChI is InChI=1S/C19H25N3O3S/c1-19(2,3)16(25-18(20)23)14-10-22-17(24-11-14)15(9-21-22)26-12-13-7-5-4-6-8-13/h4-9,14,16H,10-12H2,1-3H3,(H2,20,23). The van der Waals surface area contributed by atoms with Gasteiger partial charge < -0.3 is 15.2 Å². The maximum absolute atomic E-state index is 11.3. The molecule has 1 amide bonds. The number of fused-ring (bicyclic) bond motifs is 1. The average molecular weight is 375 g/mol. The number of nitrogens with zero attached hydrogens (tertiary/aromatic N) is 2. The summed E-state index contributed by atoms with van der Waals surface area (Å²) in [4.78, 5) is 12.3. The Labute approximate surface area is 158 Å². The molecule has 2 aromatic rings. The second-order valence-corrected chi connectivity index (χ2v) is 8.58. The molecule has 0 saturated carbocycles. The number of hydrogen-bond acceptors (Lipinski definition) is 5. The Hall–Kier alpha value is -2.15. The predicted molar refractivity (Wildman–Crippen MR) is 101 cm³/mol. The molecule has 1 aromatic heterocycles. The van der Waals surface area contributed by atoms with Gasteiger partial charge in [-0.1, -0.05) is 51.1 Å². The van der Waals surface area contributed by atoms with Crippen molar-refractivity contribution in [3.8, 4) is 5.88 Å². The maximum Gasteiger partial charge on any atom is 0.404 e. The number of nitrogens with two attached hydrogens (primary N) is 1. The van der Waals surface area contributed by atoms with Crippen LogP contribution in [0.4, 0.5) is 4.79 Å². The molecule has 0 radical (unpaired) electrons. The minimum atomic E-state index is -0.754. The Balaban J connectivity index is 1.69. The lowest BCUT2D eigenvalue weighted by Gasteiger charge is -2.37. The first-order chi connectivity index (χ1) is 12.3. The van der Waals surface area contributed by atoms with Crippen LogP contribution in [-0.2, 0) is 17.0 Å². The van der Waals surface area contributed by atoms with E-state index in [1.54, 1.807) is 11.8 Å².